The molecule has 2 rings (SSSR count). The van der Waals surface area contributed by atoms with Crippen molar-refractivity contribution in [1.82, 2.24) is 5.32 Å². The van der Waals surface area contributed by atoms with E-state index >= 15 is 0 Å². The topological polar surface area (TPSA) is 44.4 Å². The van der Waals surface area contributed by atoms with E-state index < -0.39 is 0 Å². The number of carbonyl (C=O) groups is 1. The van der Waals surface area contributed by atoms with Gasteiger partial charge in [-0.3, -0.25) is 4.79 Å². The molecule has 0 radical (unpaired) electrons. The number of amides is 1. The third kappa shape index (κ3) is 3.70. The zero-order valence-corrected chi connectivity index (χ0v) is 12.0. The van der Waals surface area contributed by atoms with E-state index in [2.05, 4.69) is 21.6 Å². The van der Waals surface area contributed by atoms with E-state index in [4.69, 9.17) is 0 Å². The molecule has 1 fully saturated rings. The first-order valence-corrected chi connectivity index (χ1v) is 6.87. The van der Waals surface area contributed by atoms with E-state index in [0.29, 0.717) is 12.5 Å². The fourth-order valence-electron chi connectivity index (χ4n) is 2.42. The molecule has 0 spiro atoms. The molecule has 4 heteroatoms. The lowest BCUT2D eigenvalue weighted by atomic mass is 10.1. The Balaban J connectivity index is 1.96. The van der Waals surface area contributed by atoms with Crippen molar-refractivity contribution in [2.45, 2.75) is 32.2 Å². The summed E-state index contributed by atoms with van der Waals surface area (Å²) in [5.41, 5.74) is 3.15. The number of benzene rings is 1. The van der Waals surface area contributed by atoms with Crippen LogP contribution in [0.5, 0.6) is 0 Å². The molecule has 1 heterocycles. The Morgan fingerprint density at radius 3 is 2.84 bits per heavy atom. The third-order valence-electron chi connectivity index (χ3n) is 3.59. The molecule has 1 amide bonds. The zero-order valence-electron chi connectivity index (χ0n) is 12.0. The van der Waals surface area contributed by atoms with Gasteiger partial charge in [0.25, 0.3) is 0 Å². The van der Waals surface area contributed by atoms with Crippen LogP contribution in [0.3, 0.4) is 0 Å². The van der Waals surface area contributed by atoms with Crippen LogP contribution in [0.2, 0.25) is 0 Å². The lowest BCUT2D eigenvalue weighted by molar-refractivity contribution is -0.116. The largest absolute Gasteiger partial charge is 0.378 e. The summed E-state index contributed by atoms with van der Waals surface area (Å²) in [6.07, 6.45) is 2.84. The highest BCUT2D eigenvalue weighted by molar-refractivity contribution is 5.92. The van der Waals surface area contributed by atoms with E-state index in [1.165, 1.54) is 6.42 Å². The summed E-state index contributed by atoms with van der Waals surface area (Å²) in [6, 6.07) is 6.44. The van der Waals surface area contributed by atoms with Gasteiger partial charge in [0.15, 0.2) is 0 Å². The summed E-state index contributed by atoms with van der Waals surface area (Å²) in [5.74, 6) is 0.0973. The van der Waals surface area contributed by atoms with Crippen LogP contribution in [0, 0.1) is 6.92 Å². The molecule has 0 aromatic heterocycles. The van der Waals surface area contributed by atoms with Gasteiger partial charge < -0.3 is 15.5 Å². The number of hydrogen-bond donors (Lipinski definition) is 2. The minimum atomic E-state index is 0.0973. The van der Waals surface area contributed by atoms with Gasteiger partial charge in [0.05, 0.1) is 0 Å². The van der Waals surface area contributed by atoms with Crippen molar-refractivity contribution in [3.8, 4) is 0 Å². The first-order chi connectivity index (χ1) is 9.06. The van der Waals surface area contributed by atoms with Crippen LogP contribution in [-0.4, -0.2) is 32.6 Å². The van der Waals surface area contributed by atoms with Crippen molar-refractivity contribution in [2.24, 2.45) is 0 Å². The Bertz CT molecular complexity index is 451. The molecule has 1 aromatic carbocycles. The first-order valence-electron chi connectivity index (χ1n) is 6.87. The van der Waals surface area contributed by atoms with E-state index in [1.54, 1.807) is 0 Å². The average molecular weight is 261 g/mol. The fourth-order valence-corrected chi connectivity index (χ4v) is 2.42. The number of rotatable bonds is 4. The molecule has 1 aliphatic rings. The second-order valence-corrected chi connectivity index (χ2v) is 5.44. The molecule has 1 aliphatic heterocycles. The van der Waals surface area contributed by atoms with Gasteiger partial charge in [0, 0.05) is 37.9 Å². The second kappa shape index (κ2) is 6.06. The van der Waals surface area contributed by atoms with Gasteiger partial charge in [0.2, 0.25) is 5.91 Å². The lowest BCUT2D eigenvalue weighted by Gasteiger charge is -2.16. The Labute approximate surface area is 115 Å². The van der Waals surface area contributed by atoms with Crippen molar-refractivity contribution in [2.75, 3.05) is 30.9 Å². The minimum Gasteiger partial charge on any atom is -0.378 e. The maximum absolute atomic E-state index is 12.0. The molecule has 1 saturated heterocycles. The Hall–Kier alpha value is -1.55. The molecule has 1 atom stereocenters. The predicted molar refractivity (Wildman–Crippen MR) is 79.8 cm³/mol. The minimum absolute atomic E-state index is 0.0973. The smallest absolute Gasteiger partial charge is 0.225 e. The summed E-state index contributed by atoms with van der Waals surface area (Å²) in [6.45, 7) is 3.06. The summed E-state index contributed by atoms with van der Waals surface area (Å²) in [7, 11) is 4.03. The number of aryl methyl sites for hydroxylation is 1. The average Bonchev–Trinajstić information content (AvgIpc) is 2.84. The van der Waals surface area contributed by atoms with Crippen molar-refractivity contribution in [1.29, 1.82) is 0 Å². The van der Waals surface area contributed by atoms with E-state index in [-0.39, 0.29) is 5.91 Å². The molecule has 1 aromatic rings. The van der Waals surface area contributed by atoms with Crippen molar-refractivity contribution in [3.05, 3.63) is 23.8 Å². The van der Waals surface area contributed by atoms with Crippen molar-refractivity contribution >= 4 is 17.3 Å². The third-order valence-corrected chi connectivity index (χ3v) is 3.59. The Morgan fingerprint density at radius 2 is 2.26 bits per heavy atom. The number of carbonyl (C=O) groups excluding carboxylic acids is 1. The highest BCUT2D eigenvalue weighted by atomic mass is 16.1. The quantitative estimate of drug-likeness (QED) is 0.873. The monoisotopic (exact) mass is 261 g/mol. The van der Waals surface area contributed by atoms with Crippen molar-refractivity contribution < 1.29 is 4.79 Å². The van der Waals surface area contributed by atoms with E-state index in [0.717, 1.165) is 29.9 Å². The molecule has 0 bridgehead atoms. The molecule has 0 saturated carbocycles. The molecular weight excluding hydrogens is 238 g/mol. The summed E-state index contributed by atoms with van der Waals surface area (Å²) >= 11 is 0. The maximum atomic E-state index is 12.0. The van der Waals surface area contributed by atoms with E-state index in [1.807, 2.05) is 33.2 Å². The molecule has 0 aliphatic carbocycles. The standard InChI is InChI=1S/C15H23N3O/c1-11-9-13(18(2)3)6-7-14(11)17-15(19)10-12-5-4-8-16-12/h6-7,9,12,16H,4-5,8,10H2,1-3H3,(H,17,19). The van der Waals surface area contributed by atoms with Crippen LogP contribution in [0.1, 0.15) is 24.8 Å². The number of hydrogen-bond acceptors (Lipinski definition) is 3. The van der Waals surface area contributed by atoms with Crippen LogP contribution < -0.4 is 15.5 Å². The van der Waals surface area contributed by atoms with Crippen LogP contribution in [0.25, 0.3) is 0 Å². The van der Waals surface area contributed by atoms with Crippen LogP contribution in [0.15, 0.2) is 18.2 Å². The molecule has 2 N–H and O–H groups in total. The maximum Gasteiger partial charge on any atom is 0.225 e. The molecule has 19 heavy (non-hydrogen) atoms. The SMILES string of the molecule is Cc1cc(N(C)C)ccc1NC(=O)CC1CCCN1. The van der Waals surface area contributed by atoms with Gasteiger partial charge >= 0.3 is 0 Å². The van der Waals surface area contributed by atoms with Gasteiger partial charge in [-0.2, -0.15) is 0 Å². The number of nitrogens with one attached hydrogen (secondary N) is 2. The van der Waals surface area contributed by atoms with Crippen LogP contribution in [-0.2, 0) is 4.79 Å². The highest BCUT2D eigenvalue weighted by Gasteiger charge is 2.17. The second-order valence-electron chi connectivity index (χ2n) is 5.44. The van der Waals surface area contributed by atoms with Gasteiger partial charge in [-0.05, 0) is 50.1 Å². The van der Waals surface area contributed by atoms with Gasteiger partial charge in [0.1, 0.15) is 0 Å². The fraction of sp³-hybridized carbons (Fsp3) is 0.533. The Morgan fingerprint density at radius 1 is 1.47 bits per heavy atom. The van der Waals surface area contributed by atoms with Crippen LogP contribution in [0.4, 0.5) is 11.4 Å². The van der Waals surface area contributed by atoms with Crippen LogP contribution >= 0.6 is 0 Å². The predicted octanol–water partition coefficient (Wildman–Crippen LogP) is 2.14. The molecular formula is C15H23N3O. The summed E-state index contributed by atoms with van der Waals surface area (Å²) in [4.78, 5) is 14.0. The van der Waals surface area contributed by atoms with Gasteiger partial charge in [-0.15, -0.1) is 0 Å². The zero-order chi connectivity index (χ0) is 13.8. The molecule has 1 unspecified atom stereocenters. The summed E-state index contributed by atoms with van der Waals surface area (Å²) < 4.78 is 0. The molecule has 104 valence electrons. The first kappa shape index (κ1) is 13.9. The van der Waals surface area contributed by atoms with Gasteiger partial charge in [-0.25, -0.2) is 0 Å². The highest BCUT2D eigenvalue weighted by Crippen LogP contribution is 2.21. The lowest BCUT2D eigenvalue weighted by Crippen LogP contribution is -2.27. The summed E-state index contributed by atoms with van der Waals surface area (Å²) in [5, 5.41) is 6.35. The van der Waals surface area contributed by atoms with Crippen molar-refractivity contribution in [3.63, 3.8) is 0 Å². The number of nitrogens with zero attached hydrogens (tertiary/aromatic N) is 1. The normalized spacial score (nSPS) is 18.4. The number of anilines is 2. The van der Waals surface area contributed by atoms with E-state index in [9.17, 15) is 4.79 Å². The molecule has 4 nitrogen and oxygen atoms in total. The van der Waals surface area contributed by atoms with Gasteiger partial charge in [-0.1, -0.05) is 0 Å². The Kier molecular flexibility index (Phi) is 4.43.